The summed E-state index contributed by atoms with van der Waals surface area (Å²) in [4.78, 5) is 2.51. The van der Waals surface area contributed by atoms with Crippen LogP contribution in [0.3, 0.4) is 0 Å². The molecule has 0 atom stereocenters. The lowest BCUT2D eigenvalue weighted by Gasteiger charge is -2.37. The van der Waals surface area contributed by atoms with Crippen molar-refractivity contribution in [3.63, 3.8) is 0 Å². The average Bonchev–Trinajstić information content (AvgIpc) is 3.89. The Morgan fingerprint density at radius 1 is 0.302 bits per heavy atom. The summed E-state index contributed by atoms with van der Waals surface area (Å²) >= 11 is 1.87. The summed E-state index contributed by atoms with van der Waals surface area (Å²) in [6.07, 6.45) is 0. The van der Waals surface area contributed by atoms with E-state index in [0.29, 0.717) is 0 Å². The molecular formula is C61H39NS. The molecule has 0 fully saturated rings. The molecule has 1 heterocycles. The van der Waals surface area contributed by atoms with Gasteiger partial charge in [0.25, 0.3) is 0 Å². The van der Waals surface area contributed by atoms with Crippen LogP contribution >= 0.6 is 11.3 Å². The number of thiophene rings is 1. The fourth-order valence-corrected chi connectivity index (χ4v) is 12.2. The van der Waals surface area contributed by atoms with Crippen LogP contribution in [0.4, 0.5) is 17.1 Å². The highest BCUT2D eigenvalue weighted by Gasteiger charge is 2.50. The second kappa shape index (κ2) is 14.1. The first-order valence-electron chi connectivity index (χ1n) is 21.8. The van der Waals surface area contributed by atoms with Crippen LogP contribution in [0.1, 0.15) is 22.3 Å². The first kappa shape index (κ1) is 35.9. The highest BCUT2D eigenvalue weighted by molar-refractivity contribution is 7.25. The Bertz CT molecular complexity index is 3510. The summed E-state index contributed by atoms with van der Waals surface area (Å²) in [6.45, 7) is 0. The van der Waals surface area contributed by atoms with Crippen molar-refractivity contribution in [1.29, 1.82) is 0 Å². The van der Waals surface area contributed by atoms with E-state index < -0.39 is 5.41 Å². The summed E-state index contributed by atoms with van der Waals surface area (Å²) in [6, 6.07) is 88.3. The van der Waals surface area contributed by atoms with Gasteiger partial charge in [-0.1, -0.05) is 200 Å². The van der Waals surface area contributed by atoms with Crippen LogP contribution in [-0.4, -0.2) is 0 Å². The Hall–Kier alpha value is -7.78. The number of nitrogens with zero attached hydrogens (tertiary/aromatic N) is 1. The third kappa shape index (κ3) is 5.22. The third-order valence-corrected chi connectivity index (χ3v) is 14.7. The van der Waals surface area contributed by atoms with Crippen LogP contribution < -0.4 is 4.90 Å². The van der Waals surface area contributed by atoms with Crippen molar-refractivity contribution in [2.45, 2.75) is 5.41 Å². The summed E-state index contributed by atoms with van der Waals surface area (Å²) < 4.78 is 2.61. The lowest BCUT2D eigenvalue weighted by molar-refractivity contribution is 0.773. The highest BCUT2D eigenvalue weighted by atomic mass is 32.1. The molecule has 0 bridgehead atoms. The monoisotopic (exact) mass is 817 g/mol. The number of anilines is 3. The SMILES string of the molecule is c1ccc(N(c2ccccc2-c2ccc3c(c2)sc2ccccc23)c2cccc3c2-c2ccccc2C32c3ccccc3-c3ccccc3-c3ccccc3-c3ccccc32)cc1. The van der Waals surface area contributed by atoms with Crippen LogP contribution in [0.5, 0.6) is 0 Å². The minimum absolute atomic E-state index is 0.659. The molecule has 0 saturated heterocycles. The quantitative estimate of drug-likeness (QED) is 0.171. The number of fused-ring (bicyclic) bond motifs is 17. The van der Waals surface area contributed by atoms with Crippen molar-refractivity contribution in [1.82, 2.24) is 0 Å². The maximum atomic E-state index is 2.51. The van der Waals surface area contributed by atoms with Gasteiger partial charge in [0.15, 0.2) is 0 Å². The van der Waals surface area contributed by atoms with E-state index in [2.05, 4.69) is 241 Å². The molecule has 0 radical (unpaired) electrons. The molecule has 0 saturated carbocycles. The normalized spacial score (nSPS) is 12.9. The summed E-state index contributed by atoms with van der Waals surface area (Å²) in [5, 5.41) is 2.62. The van der Waals surface area contributed by atoms with Gasteiger partial charge in [-0.3, -0.25) is 0 Å². The van der Waals surface area contributed by atoms with Crippen LogP contribution in [0.2, 0.25) is 0 Å². The molecule has 0 amide bonds. The van der Waals surface area contributed by atoms with E-state index in [0.717, 1.165) is 17.1 Å². The van der Waals surface area contributed by atoms with Crippen molar-refractivity contribution in [3.8, 4) is 55.6 Å². The van der Waals surface area contributed by atoms with Gasteiger partial charge in [-0.2, -0.15) is 0 Å². The van der Waals surface area contributed by atoms with E-state index in [1.807, 2.05) is 11.3 Å². The second-order valence-electron chi connectivity index (χ2n) is 16.7. The van der Waals surface area contributed by atoms with Crippen LogP contribution in [0.25, 0.3) is 75.8 Å². The van der Waals surface area contributed by atoms with E-state index in [-0.39, 0.29) is 0 Å². The van der Waals surface area contributed by atoms with Gasteiger partial charge in [-0.15, -0.1) is 11.3 Å². The Morgan fingerprint density at radius 3 is 1.43 bits per heavy atom. The largest absolute Gasteiger partial charge is 0.309 e. The Kier molecular flexibility index (Phi) is 8.06. The van der Waals surface area contributed by atoms with E-state index in [1.54, 1.807) is 0 Å². The number of benzene rings is 10. The molecule has 0 unspecified atom stereocenters. The van der Waals surface area contributed by atoms with Gasteiger partial charge in [0.05, 0.1) is 16.8 Å². The fourth-order valence-electron chi connectivity index (χ4n) is 11.0. The average molecular weight is 818 g/mol. The number of hydrogen-bond donors (Lipinski definition) is 0. The fraction of sp³-hybridized carbons (Fsp3) is 0.0164. The second-order valence-corrected chi connectivity index (χ2v) is 17.8. The molecule has 1 nitrogen and oxygen atoms in total. The zero-order valence-electron chi connectivity index (χ0n) is 34.4. The predicted molar refractivity (Wildman–Crippen MR) is 267 cm³/mol. The lowest BCUT2D eigenvalue weighted by atomic mass is 9.64. The van der Waals surface area contributed by atoms with Gasteiger partial charge in [-0.25, -0.2) is 0 Å². The summed E-state index contributed by atoms with van der Waals surface area (Å²) in [5.41, 5.74) is 20.2. The van der Waals surface area contributed by atoms with Crippen molar-refractivity contribution in [3.05, 3.63) is 259 Å². The zero-order valence-corrected chi connectivity index (χ0v) is 35.2. The molecule has 0 N–H and O–H groups in total. The predicted octanol–water partition coefficient (Wildman–Crippen LogP) is 16.9. The van der Waals surface area contributed by atoms with E-state index in [1.165, 1.54) is 98.1 Å². The van der Waals surface area contributed by atoms with Crippen molar-refractivity contribution >= 4 is 48.6 Å². The molecule has 13 rings (SSSR count). The highest BCUT2D eigenvalue weighted by Crippen LogP contribution is 2.63. The van der Waals surface area contributed by atoms with Crippen molar-refractivity contribution < 1.29 is 0 Å². The van der Waals surface area contributed by atoms with Gasteiger partial charge in [0.1, 0.15) is 0 Å². The minimum Gasteiger partial charge on any atom is -0.309 e. The molecule has 63 heavy (non-hydrogen) atoms. The van der Waals surface area contributed by atoms with Gasteiger partial charge in [0, 0.05) is 37.0 Å². The smallest absolute Gasteiger partial charge is 0.0726 e. The summed E-state index contributed by atoms with van der Waals surface area (Å²) in [5.74, 6) is 0. The Morgan fingerprint density at radius 2 is 0.762 bits per heavy atom. The van der Waals surface area contributed by atoms with Gasteiger partial charge in [0.2, 0.25) is 0 Å². The van der Waals surface area contributed by atoms with Gasteiger partial charge in [-0.05, 0) is 103 Å². The number of rotatable bonds is 4. The van der Waals surface area contributed by atoms with Gasteiger partial charge >= 0.3 is 0 Å². The number of hydrogen-bond acceptors (Lipinski definition) is 2. The van der Waals surface area contributed by atoms with Crippen molar-refractivity contribution in [2.75, 3.05) is 4.90 Å². The molecule has 2 aliphatic rings. The topological polar surface area (TPSA) is 3.24 Å². The first-order valence-corrected chi connectivity index (χ1v) is 22.6. The Labute approximate surface area is 371 Å². The van der Waals surface area contributed by atoms with Crippen molar-refractivity contribution in [2.24, 2.45) is 0 Å². The molecule has 1 aromatic heterocycles. The van der Waals surface area contributed by atoms with Crippen LogP contribution in [-0.2, 0) is 5.41 Å². The molecule has 1 spiro atoms. The molecule has 0 aliphatic heterocycles. The van der Waals surface area contributed by atoms with Gasteiger partial charge < -0.3 is 4.90 Å². The minimum atomic E-state index is -0.659. The maximum absolute atomic E-state index is 2.51. The van der Waals surface area contributed by atoms with Crippen LogP contribution in [0, 0.1) is 0 Å². The standard InChI is InChI=1S/C61H39NS/c1-2-19-41(20-3-1)62(56-34-16-11-21-42(56)40-37-38-50-49-28-12-17-36-58(49)63-59(50)39-40)57-35-18-33-55-60(57)51-29-10-15-32-54(51)61(55)52-30-13-8-26-47(52)45-24-6-4-22-43(45)44-23-5-7-25-46(44)48-27-9-14-31-53(48)61/h1-39H. The molecule has 2 aliphatic carbocycles. The lowest BCUT2D eigenvalue weighted by Crippen LogP contribution is -2.30. The first-order chi connectivity index (χ1) is 31.3. The van der Waals surface area contributed by atoms with E-state index in [4.69, 9.17) is 0 Å². The van der Waals surface area contributed by atoms with Crippen LogP contribution in [0.15, 0.2) is 237 Å². The number of para-hydroxylation sites is 2. The molecule has 294 valence electrons. The molecule has 11 aromatic rings. The van der Waals surface area contributed by atoms with E-state index in [9.17, 15) is 0 Å². The molecule has 2 heteroatoms. The molecule has 10 aromatic carbocycles. The molecular weight excluding hydrogens is 779 g/mol. The third-order valence-electron chi connectivity index (χ3n) is 13.5. The summed E-state index contributed by atoms with van der Waals surface area (Å²) in [7, 11) is 0. The van der Waals surface area contributed by atoms with E-state index >= 15 is 0 Å². The Balaban J connectivity index is 1.13. The maximum Gasteiger partial charge on any atom is 0.0726 e. The zero-order chi connectivity index (χ0) is 41.5.